The van der Waals surface area contributed by atoms with Gasteiger partial charge < -0.3 is 4.90 Å². The topological polar surface area (TPSA) is 23.6 Å². The second-order valence-electron chi connectivity index (χ2n) is 6.84. The average molecular weight is 365 g/mol. The molecule has 2 fully saturated rings. The van der Waals surface area contributed by atoms with Gasteiger partial charge in [-0.05, 0) is 62.4 Å². The Labute approximate surface area is 141 Å². The molecule has 1 heterocycles. The molecule has 3 rings (SSSR count). The number of hydrogen-bond donors (Lipinski definition) is 0. The molecule has 0 atom stereocenters. The van der Waals surface area contributed by atoms with Crippen LogP contribution in [0.5, 0.6) is 0 Å². The van der Waals surface area contributed by atoms with Gasteiger partial charge in [0.05, 0.1) is 0 Å². The third kappa shape index (κ3) is 4.32. The standard InChI is InChI=1S/C18H25BrN2O/c1-20(18(22)16-5-6-16)12-14-7-9-21(10-8-14)13-15-3-2-4-17(19)11-15/h2-4,11,14,16H,5-10,12-13H2,1H3. The highest BCUT2D eigenvalue weighted by molar-refractivity contribution is 9.10. The molecule has 1 aromatic rings. The van der Waals surface area contributed by atoms with Crippen LogP contribution in [0, 0.1) is 11.8 Å². The van der Waals surface area contributed by atoms with Gasteiger partial charge in [-0.3, -0.25) is 9.69 Å². The molecule has 0 spiro atoms. The number of rotatable bonds is 5. The molecule has 22 heavy (non-hydrogen) atoms. The summed E-state index contributed by atoms with van der Waals surface area (Å²) in [5.41, 5.74) is 1.37. The van der Waals surface area contributed by atoms with Gasteiger partial charge in [-0.15, -0.1) is 0 Å². The van der Waals surface area contributed by atoms with Crippen LogP contribution in [0.4, 0.5) is 0 Å². The van der Waals surface area contributed by atoms with Gasteiger partial charge in [-0.2, -0.15) is 0 Å². The Kier molecular flexibility index (Phi) is 5.19. The van der Waals surface area contributed by atoms with Crippen LogP contribution in [0.2, 0.25) is 0 Å². The number of carbonyl (C=O) groups is 1. The number of piperidine rings is 1. The fraction of sp³-hybridized carbons (Fsp3) is 0.611. The van der Waals surface area contributed by atoms with Crippen molar-refractivity contribution in [3.05, 3.63) is 34.3 Å². The Bertz CT molecular complexity index is 522. The minimum atomic E-state index is 0.349. The van der Waals surface area contributed by atoms with Crippen LogP contribution in [0.1, 0.15) is 31.2 Å². The lowest BCUT2D eigenvalue weighted by Crippen LogP contribution is -2.39. The summed E-state index contributed by atoms with van der Waals surface area (Å²) in [5, 5.41) is 0. The van der Waals surface area contributed by atoms with Crippen molar-refractivity contribution in [2.75, 3.05) is 26.7 Å². The summed E-state index contributed by atoms with van der Waals surface area (Å²) in [6.07, 6.45) is 4.62. The molecule has 1 aromatic carbocycles. The molecule has 0 radical (unpaired) electrons. The summed E-state index contributed by atoms with van der Waals surface area (Å²) in [5.74, 6) is 1.39. The monoisotopic (exact) mass is 364 g/mol. The van der Waals surface area contributed by atoms with Crippen molar-refractivity contribution in [2.45, 2.75) is 32.2 Å². The number of benzene rings is 1. The largest absolute Gasteiger partial charge is 0.345 e. The first-order valence-electron chi connectivity index (χ1n) is 8.33. The summed E-state index contributed by atoms with van der Waals surface area (Å²) in [6, 6.07) is 8.57. The van der Waals surface area contributed by atoms with E-state index in [9.17, 15) is 4.79 Å². The van der Waals surface area contributed by atoms with Crippen molar-refractivity contribution < 1.29 is 4.79 Å². The van der Waals surface area contributed by atoms with Gasteiger partial charge in [0.25, 0.3) is 0 Å². The van der Waals surface area contributed by atoms with E-state index in [-0.39, 0.29) is 0 Å². The molecule has 0 N–H and O–H groups in total. The third-order valence-electron chi connectivity index (χ3n) is 4.84. The molecule has 1 aliphatic heterocycles. The quantitative estimate of drug-likeness (QED) is 0.797. The number of carbonyl (C=O) groups excluding carboxylic acids is 1. The lowest BCUT2D eigenvalue weighted by atomic mass is 9.96. The summed E-state index contributed by atoms with van der Waals surface area (Å²) < 4.78 is 1.15. The smallest absolute Gasteiger partial charge is 0.225 e. The second kappa shape index (κ2) is 7.14. The highest BCUT2D eigenvalue weighted by atomic mass is 79.9. The van der Waals surface area contributed by atoms with E-state index in [4.69, 9.17) is 0 Å². The SMILES string of the molecule is CN(CC1CCN(Cc2cccc(Br)c2)CC1)C(=O)C1CC1. The molecular formula is C18H25BrN2O. The molecule has 2 aliphatic rings. The van der Waals surface area contributed by atoms with Crippen molar-refractivity contribution in [3.63, 3.8) is 0 Å². The van der Waals surface area contributed by atoms with Gasteiger partial charge in [0, 0.05) is 30.5 Å². The molecule has 0 aromatic heterocycles. The first-order chi connectivity index (χ1) is 10.6. The van der Waals surface area contributed by atoms with E-state index in [1.165, 1.54) is 18.4 Å². The van der Waals surface area contributed by atoms with Crippen LogP contribution < -0.4 is 0 Å². The molecule has 1 amide bonds. The molecule has 1 aliphatic carbocycles. The van der Waals surface area contributed by atoms with Gasteiger partial charge in [0.2, 0.25) is 5.91 Å². The van der Waals surface area contributed by atoms with E-state index >= 15 is 0 Å². The van der Waals surface area contributed by atoms with E-state index in [2.05, 4.69) is 45.1 Å². The average Bonchev–Trinajstić information content (AvgIpc) is 3.33. The van der Waals surface area contributed by atoms with E-state index in [1.54, 1.807) is 0 Å². The van der Waals surface area contributed by atoms with E-state index in [0.717, 1.165) is 43.5 Å². The number of nitrogens with zero attached hydrogens (tertiary/aromatic N) is 2. The Morgan fingerprint density at radius 1 is 1.27 bits per heavy atom. The van der Waals surface area contributed by atoms with E-state index in [0.29, 0.717) is 17.7 Å². The maximum absolute atomic E-state index is 12.0. The van der Waals surface area contributed by atoms with Crippen LogP contribution in [0.3, 0.4) is 0 Å². The fourth-order valence-electron chi connectivity index (χ4n) is 3.34. The predicted molar refractivity (Wildman–Crippen MR) is 92.5 cm³/mol. The van der Waals surface area contributed by atoms with Crippen LogP contribution in [0.25, 0.3) is 0 Å². The van der Waals surface area contributed by atoms with Crippen LogP contribution in [0.15, 0.2) is 28.7 Å². The highest BCUT2D eigenvalue weighted by Crippen LogP contribution is 2.31. The Balaban J connectivity index is 1.43. The molecule has 1 saturated heterocycles. The van der Waals surface area contributed by atoms with Gasteiger partial charge in [0.1, 0.15) is 0 Å². The lowest BCUT2D eigenvalue weighted by molar-refractivity contribution is -0.132. The predicted octanol–water partition coefficient (Wildman–Crippen LogP) is 3.53. The fourth-order valence-corrected chi connectivity index (χ4v) is 3.79. The normalized spacial score (nSPS) is 20.1. The summed E-state index contributed by atoms with van der Waals surface area (Å²) in [7, 11) is 1.98. The summed E-state index contributed by atoms with van der Waals surface area (Å²) in [6.45, 7) is 4.26. The Morgan fingerprint density at radius 2 is 2.00 bits per heavy atom. The zero-order valence-corrected chi connectivity index (χ0v) is 14.9. The number of halogens is 1. The molecule has 1 saturated carbocycles. The Morgan fingerprint density at radius 3 is 2.64 bits per heavy atom. The second-order valence-corrected chi connectivity index (χ2v) is 7.76. The van der Waals surface area contributed by atoms with Crippen LogP contribution >= 0.6 is 15.9 Å². The highest BCUT2D eigenvalue weighted by Gasteiger charge is 2.33. The summed E-state index contributed by atoms with van der Waals surface area (Å²) >= 11 is 3.54. The molecular weight excluding hydrogens is 340 g/mol. The lowest BCUT2D eigenvalue weighted by Gasteiger charge is -2.34. The molecule has 120 valence electrons. The summed E-state index contributed by atoms with van der Waals surface area (Å²) in [4.78, 5) is 16.5. The maximum Gasteiger partial charge on any atom is 0.225 e. The Hall–Kier alpha value is -0.870. The zero-order valence-electron chi connectivity index (χ0n) is 13.3. The van der Waals surface area contributed by atoms with Crippen molar-refractivity contribution in [1.82, 2.24) is 9.80 Å². The first kappa shape index (κ1) is 16.0. The number of hydrogen-bond acceptors (Lipinski definition) is 2. The van der Waals surface area contributed by atoms with Crippen molar-refractivity contribution in [1.29, 1.82) is 0 Å². The maximum atomic E-state index is 12.0. The molecule has 4 heteroatoms. The first-order valence-corrected chi connectivity index (χ1v) is 9.13. The molecule has 0 bridgehead atoms. The molecule has 0 unspecified atom stereocenters. The van der Waals surface area contributed by atoms with Gasteiger partial charge >= 0.3 is 0 Å². The van der Waals surface area contributed by atoms with Gasteiger partial charge in [-0.25, -0.2) is 0 Å². The van der Waals surface area contributed by atoms with Gasteiger partial charge in [-0.1, -0.05) is 28.1 Å². The zero-order chi connectivity index (χ0) is 15.5. The van der Waals surface area contributed by atoms with Crippen molar-refractivity contribution in [2.24, 2.45) is 11.8 Å². The van der Waals surface area contributed by atoms with Crippen LogP contribution in [-0.2, 0) is 11.3 Å². The van der Waals surface area contributed by atoms with Crippen LogP contribution in [-0.4, -0.2) is 42.4 Å². The van der Waals surface area contributed by atoms with E-state index < -0.39 is 0 Å². The minimum Gasteiger partial charge on any atom is -0.345 e. The minimum absolute atomic E-state index is 0.349. The number of amides is 1. The van der Waals surface area contributed by atoms with Crippen molar-refractivity contribution in [3.8, 4) is 0 Å². The van der Waals surface area contributed by atoms with E-state index in [1.807, 2.05) is 11.9 Å². The third-order valence-corrected chi connectivity index (χ3v) is 5.33. The van der Waals surface area contributed by atoms with Gasteiger partial charge in [0.15, 0.2) is 0 Å². The number of likely N-dealkylation sites (tertiary alicyclic amines) is 1. The van der Waals surface area contributed by atoms with Crippen molar-refractivity contribution >= 4 is 21.8 Å². The molecule has 3 nitrogen and oxygen atoms in total.